The van der Waals surface area contributed by atoms with Gasteiger partial charge in [-0.25, -0.2) is 0 Å². The molecule has 0 amide bonds. The molecule has 0 aliphatic rings. The Labute approximate surface area is 84.7 Å². The van der Waals surface area contributed by atoms with Gasteiger partial charge >= 0.3 is 48.9 Å². The number of hydrogen-bond donors (Lipinski definition) is 1. The van der Waals surface area contributed by atoms with E-state index in [9.17, 15) is 0 Å². The fourth-order valence-corrected chi connectivity index (χ4v) is 0. The Bertz CT molecular complexity index is 23.7. The third kappa shape index (κ3) is 18.5. The first-order valence-corrected chi connectivity index (χ1v) is 1.95. The summed E-state index contributed by atoms with van der Waals surface area (Å²) in [6.07, 6.45) is 0.745. The molecule has 0 bridgehead atoms. The Morgan fingerprint density at radius 3 is 1.71 bits per heavy atom. The Hall–Kier alpha value is 1.49. The molecule has 0 rings (SSSR count). The van der Waals surface area contributed by atoms with E-state index < -0.39 is 0 Å². The molecule has 0 aromatic heterocycles. The van der Waals surface area contributed by atoms with Crippen LogP contribution < -0.4 is 0 Å². The van der Waals surface area contributed by atoms with Crippen molar-refractivity contribution in [2.24, 2.45) is 0 Å². The van der Waals surface area contributed by atoms with Crippen LogP contribution in [0.2, 0.25) is 0 Å². The van der Waals surface area contributed by atoms with Crippen molar-refractivity contribution in [3.8, 4) is 0 Å². The average molecular weight is 231 g/mol. The van der Waals surface area contributed by atoms with E-state index in [0.29, 0.717) is 0 Å². The molecular weight excluding hydrogens is 217 g/mol. The summed E-state index contributed by atoms with van der Waals surface area (Å²) >= 11 is 0. The maximum atomic E-state index is 8.36. The van der Waals surface area contributed by atoms with Gasteiger partial charge in [-0.05, 0) is 13.3 Å². The summed E-state index contributed by atoms with van der Waals surface area (Å²) in [7, 11) is 0. The third-order valence-electron chi connectivity index (χ3n) is 0.591. The molecule has 0 heterocycles. The zero-order chi connectivity index (χ0) is 4.28. The van der Waals surface area contributed by atoms with Crippen LogP contribution in [0.15, 0.2) is 0 Å². The third-order valence-corrected chi connectivity index (χ3v) is 0.591. The molecule has 0 saturated carbocycles. The van der Waals surface area contributed by atoms with Crippen molar-refractivity contribution in [1.82, 2.24) is 0 Å². The molecule has 3 N–H and O–H groups in total. The molecule has 0 fully saturated rings. The van der Waals surface area contributed by atoms with E-state index >= 15 is 0 Å². The van der Waals surface area contributed by atoms with Crippen LogP contribution in [0.1, 0.15) is 20.3 Å². The van der Waals surface area contributed by atoms with E-state index in [4.69, 9.17) is 5.11 Å². The van der Waals surface area contributed by atoms with Crippen molar-refractivity contribution in [2.75, 3.05) is 0 Å². The van der Waals surface area contributed by atoms with Gasteiger partial charge in [-0.15, -0.1) is 0 Å². The van der Waals surface area contributed by atoms with Gasteiger partial charge in [0, 0.05) is 0 Å². The van der Waals surface area contributed by atoms with Crippen LogP contribution in [-0.2, 0) is 0 Å². The van der Waals surface area contributed by atoms with E-state index in [1.807, 2.05) is 6.92 Å². The van der Waals surface area contributed by atoms with Crippen molar-refractivity contribution >= 4 is 48.9 Å². The van der Waals surface area contributed by atoms with Crippen molar-refractivity contribution in [3.63, 3.8) is 0 Å². The van der Waals surface area contributed by atoms with Gasteiger partial charge in [0.1, 0.15) is 0 Å². The zero-order valence-corrected chi connectivity index (χ0v) is 4.23. The first kappa shape index (κ1) is 15.8. The van der Waals surface area contributed by atoms with Crippen molar-refractivity contribution in [1.29, 1.82) is 0 Å². The van der Waals surface area contributed by atoms with Crippen LogP contribution in [0, 0.1) is 0 Å². The Morgan fingerprint density at radius 2 is 1.71 bits per heavy atom. The zero-order valence-electron chi connectivity index (χ0n) is 4.23. The van der Waals surface area contributed by atoms with E-state index in [2.05, 4.69) is 0 Å². The molecule has 0 radical (unpaired) electrons. The first-order chi connectivity index (χ1) is 2.27. The summed E-state index contributed by atoms with van der Waals surface area (Å²) in [5.74, 6) is 0. The number of hydrogen-bond acceptors (Lipinski definition) is 1. The number of aliphatic hydroxyl groups is 1. The van der Waals surface area contributed by atoms with Crippen LogP contribution in [0.25, 0.3) is 0 Å². The fourth-order valence-electron chi connectivity index (χ4n) is 0. The van der Waals surface area contributed by atoms with Crippen molar-refractivity contribution in [3.05, 3.63) is 0 Å². The normalized spacial score (nSPS) is 10.7. The quantitative estimate of drug-likeness (QED) is 0.581. The predicted molar refractivity (Wildman–Crippen MR) is 34.1 cm³/mol. The van der Waals surface area contributed by atoms with E-state index in [0.717, 1.165) is 6.42 Å². The number of rotatable bonds is 1. The standard InChI is InChI=1S/C4H10O.Ba.H2O.2H/c1-3-4(2)5;;;;/h4-5H,3H2,1-2H3;;1H2;;. The molecule has 0 spiro atoms. The van der Waals surface area contributed by atoms with Crippen molar-refractivity contribution < 1.29 is 10.6 Å². The molecular formula is C4H14BaO2. The van der Waals surface area contributed by atoms with E-state index in [-0.39, 0.29) is 60.5 Å². The summed E-state index contributed by atoms with van der Waals surface area (Å²) < 4.78 is 0. The maximum absolute atomic E-state index is 8.36. The van der Waals surface area contributed by atoms with Gasteiger partial charge in [-0.3, -0.25) is 0 Å². The summed E-state index contributed by atoms with van der Waals surface area (Å²) in [5, 5.41) is 8.36. The van der Waals surface area contributed by atoms with Crippen molar-refractivity contribution in [2.45, 2.75) is 26.4 Å². The SMILES string of the molecule is CCC(C)O.O.[BaH2]. The molecule has 3 heteroatoms. The molecule has 1 unspecified atom stereocenters. The van der Waals surface area contributed by atoms with Gasteiger partial charge in [-0.1, -0.05) is 6.92 Å². The molecule has 0 aromatic carbocycles. The summed E-state index contributed by atoms with van der Waals surface area (Å²) in [5.41, 5.74) is 0. The first-order valence-electron chi connectivity index (χ1n) is 1.95. The fraction of sp³-hybridized carbons (Fsp3) is 1.00. The second-order valence-electron chi connectivity index (χ2n) is 1.26. The topological polar surface area (TPSA) is 51.7 Å². The molecule has 7 heavy (non-hydrogen) atoms. The van der Waals surface area contributed by atoms with Gasteiger partial charge in [-0.2, -0.15) is 0 Å². The summed E-state index contributed by atoms with van der Waals surface area (Å²) in [6, 6.07) is 0. The molecule has 44 valence electrons. The van der Waals surface area contributed by atoms with Gasteiger partial charge in [0.2, 0.25) is 0 Å². The van der Waals surface area contributed by atoms with Gasteiger partial charge in [0.05, 0.1) is 6.10 Å². The van der Waals surface area contributed by atoms with Gasteiger partial charge in [0.25, 0.3) is 0 Å². The van der Waals surface area contributed by atoms with Crippen LogP contribution in [0.3, 0.4) is 0 Å². The van der Waals surface area contributed by atoms with Crippen LogP contribution in [0.4, 0.5) is 0 Å². The van der Waals surface area contributed by atoms with Crippen LogP contribution >= 0.6 is 0 Å². The second kappa shape index (κ2) is 10.5. The average Bonchev–Trinajstić information content (AvgIpc) is 1.38. The molecule has 0 aromatic rings. The molecule has 1 atom stereocenters. The monoisotopic (exact) mass is 232 g/mol. The minimum atomic E-state index is -0.116. The Morgan fingerprint density at radius 1 is 1.57 bits per heavy atom. The van der Waals surface area contributed by atoms with Crippen LogP contribution in [0.5, 0.6) is 0 Å². The number of aliphatic hydroxyl groups excluding tert-OH is 1. The Kier molecular flexibility index (Phi) is 23.6. The minimum absolute atomic E-state index is 0. The summed E-state index contributed by atoms with van der Waals surface area (Å²) in [4.78, 5) is 0. The van der Waals surface area contributed by atoms with E-state index in [1.54, 1.807) is 6.92 Å². The predicted octanol–water partition coefficient (Wildman–Crippen LogP) is -0.964. The molecule has 0 aliphatic carbocycles. The Balaban J connectivity index is -0.0000000800. The van der Waals surface area contributed by atoms with Gasteiger partial charge in [0.15, 0.2) is 0 Å². The summed E-state index contributed by atoms with van der Waals surface area (Å²) in [6.45, 7) is 3.73. The molecule has 0 saturated heterocycles. The van der Waals surface area contributed by atoms with Crippen LogP contribution in [-0.4, -0.2) is 65.6 Å². The molecule has 2 nitrogen and oxygen atoms in total. The van der Waals surface area contributed by atoms with E-state index in [1.165, 1.54) is 0 Å². The second-order valence-corrected chi connectivity index (χ2v) is 1.26. The van der Waals surface area contributed by atoms with Gasteiger partial charge < -0.3 is 10.6 Å². The molecule has 0 aliphatic heterocycles.